The number of hydrogen-bond donors (Lipinski definition) is 1. The number of rotatable bonds is 4. The number of anilines is 1. The fraction of sp³-hybridized carbons (Fsp3) is 0.278. The molecular weight excluding hydrogens is 338 g/mol. The molecule has 0 spiro atoms. The number of amides is 1. The number of nitrogens with zero attached hydrogens (tertiary/aromatic N) is 2. The van der Waals surface area contributed by atoms with Crippen LogP contribution in [-0.4, -0.2) is 23.0 Å². The van der Waals surface area contributed by atoms with Crippen molar-refractivity contribution in [1.29, 1.82) is 0 Å². The Labute approximate surface area is 148 Å². The van der Waals surface area contributed by atoms with E-state index >= 15 is 0 Å². The lowest BCUT2D eigenvalue weighted by atomic mass is 10.0. The van der Waals surface area contributed by atoms with Crippen molar-refractivity contribution in [2.45, 2.75) is 25.2 Å². The van der Waals surface area contributed by atoms with Gasteiger partial charge >= 0.3 is 0 Å². The van der Waals surface area contributed by atoms with Crippen LogP contribution in [0.3, 0.4) is 0 Å². The van der Waals surface area contributed by atoms with Gasteiger partial charge in [0.25, 0.3) is 0 Å². The van der Waals surface area contributed by atoms with E-state index in [1.54, 1.807) is 19.1 Å². The quantitative estimate of drug-likeness (QED) is 0.769. The van der Waals surface area contributed by atoms with E-state index in [4.69, 9.17) is 18.5 Å². The van der Waals surface area contributed by atoms with E-state index in [0.29, 0.717) is 47.4 Å². The minimum absolute atomic E-state index is 0.156. The number of hydrogen-bond acceptors (Lipinski definition) is 7. The van der Waals surface area contributed by atoms with E-state index in [1.807, 2.05) is 18.2 Å². The monoisotopic (exact) mass is 353 g/mol. The van der Waals surface area contributed by atoms with E-state index in [-0.39, 0.29) is 12.7 Å². The highest BCUT2D eigenvalue weighted by atomic mass is 16.7. The predicted octanol–water partition coefficient (Wildman–Crippen LogP) is 3.04. The van der Waals surface area contributed by atoms with Gasteiger partial charge in [-0.1, -0.05) is 10.3 Å². The average Bonchev–Trinajstić information content (AvgIpc) is 3.01. The molecule has 132 valence electrons. The summed E-state index contributed by atoms with van der Waals surface area (Å²) in [6.07, 6.45) is 1.42. The summed E-state index contributed by atoms with van der Waals surface area (Å²) < 4.78 is 21.2. The fourth-order valence-corrected chi connectivity index (χ4v) is 3.07. The first-order valence-corrected chi connectivity index (χ1v) is 8.26. The SMILES string of the molecule is Cc1cc(NC(=O)C2(c3cc(-c4ccc5c(c4)OCO5)on3)CC2)no1. The third kappa shape index (κ3) is 2.33. The van der Waals surface area contributed by atoms with Gasteiger partial charge in [-0.05, 0) is 38.0 Å². The van der Waals surface area contributed by atoms with Crippen LogP contribution in [0.2, 0.25) is 0 Å². The number of carbonyl (C=O) groups excluding carboxylic acids is 1. The molecule has 0 saturated heterocycles. The molecular formula is C18H15N3O5. The molecule has 1 N–H and O–H groups in total. The lowest BCUT2D eigenvalue weighted by Gasteiger charge is -2.09. The van der Waals surface area contributed by atoms with Crippen molar-refractivity contribution in [3.8, 4) is 22.8 Å². The number of carbonyl (C=O) groups is 1. The molecule has 2 aliphatic rings. The summed E-state index contributed by atoms with van der Waals surface area (Å²) in [6, 6.07) is 9.01. The Bertz CT molecular complexity index is 1000. The fourth-order valence-electron chi connectivity index (χ4n) is 3.07. The number of fused-ring (bicyclic) bond motifs is 1. The highest BCUT2D eigenvalue weighted by molar-refractivity contribution is 6.00. The second kappa shape index (κ2) is 5.35. The lowest BCUT2D eigenvalue weighted by Crippen LogP contribution is -2.28. The topological polar surface area (TPSA) is 99.6 Å². The van der Waals surface area contributed by atoms with Crippen LogP contribution in [0.15, 0.2) is 39.4 Å². The molecule has 1 aliphatic heterocycles. The third-order valence-electron chi connectivity index (χ3n) is 4.71. The Morgan fingerprint density at radius 2 is 1.92 bits per heavy atom. The van der Waals surface area contributed by atoms with Crippen LogP contribution >= 0.6 is 0 Å². The Hall–Kier alpha value is -3.29. The molecule has 0 radical (unpaired) electrons. The summed E-state index contributed by atoms with van der Waals surface area (Å²) in [4.78, 5) is 12.7. The molecule has 8 nitrogen and oxygen atoms in total. The molecule has 2 aromatic heterocycles. The summed E-state index contributed by atoms with van der Waals surface area (Å²) in [7, 11) is 0. The second-order valence-electron chi connectivity index (χ2n) is 6.50. The molecule has 26 heavy (non-hydrogen) atoms. The Kier molecular flexibility index (Phi) is 3.09. The number of aromatic nitrogens is 2. The van der Waals surface area contributed by atoms with Crippen LogP contribution in [0.4, 0.5) is 5.82 Å². The van der Waals surface area contributed by atoms with Gasteiger partial charge in [0.05, 0.1) is 11.1 Å². The minimum atomic E-state index is -0.676. The molecule has 5 rings (SSSR count). The maximum absolute atomic E-state index is 12.7. The first-order valence-electron chi connectivity index (χ1n) is 8.26. The first kappa shape index (κ1) is 15.0. The van der Waals surface area contributed by atoms with Crippen LogP contribution < -0.4 is 14.8 Å². The van der Waals surface area contributed by atoms with Gasteiger partial charge in [0.15, 0.2) is 23.1 Å². The summed E-state index contributed by atoms with van der Waals surface area (Å²) in [6.45, 7) is 1.98. The van der Waals surface area contributed by atoms with E-state index in [2.05, 4.69) is 15.6 Å². The molecule has 3 heterocycles. The average molecular weight is 353 g/mol. The van der Waals surface area contributed by atoms with Crippen molar-refractivity contribution in [3.05, 3.63) is 41.8 Å². The highest BCUT2D eigenvalue weighted by Gasteiger charge is 2.54. The predicted molar refractivity (Wildman–Crippen MR) is 88.8 cm³/mol. The van der Waals surface area contributed by atoms with Crippen molar-refractivity contribution in [2.24, 2.45) is 0 Å². The first-order chi connectivity index (χ1) is 12.6. The Balaban J connectivity index is 1.40. The van der Waals surface area contributed by atoms with Gasteiger partial charge < -0.3 is 23.8 Å². The Morgan fingerprint density at radius 1 is 1.08 bits per heavy atom. The van der Waals surface area contributed by atoms with Crippen molar-refractivity contribution in [1.82, 2.24) is 10.3 Å². The van der Waals surface area contributed by atoms with E-state index in [1.165, 1.54) is 0 Å². The zero-order chi connectivity index (χ0) is 17.7. The van der Waals surface area contributed by atoms with Gasteiger partial charge in [0.2, 0.25) is 12.7 Å². The van der Waals surface area contributed by atoms with Gasteiger partial charge in [0.1, 0.15) is 5.76 Å². The van der Waals surface area contributed by atoms with E-state index in [0.717, 1.165) is 5.56 Å². The summed E-state index contributed by atoms with van der Waals surface area (Å²) in [5, 5.41) is 10.7. The number of aryl methyl sites for hydroxylation is 1. The van der Waals surface area contributed by atoms with Crippen molar-refractivity contribution >= 4 is 11.7 Å². The molecule has 8 heteroatoms. The maximum Gasteiger partial charge on any atom is 0.238 e. The van der Waals surface area contributed by atoms with Crippen LogP contribution in [-0.2, 0) is 10.2 Å². The molecule has 3 aromatic rings. The van der Waals surface area contributed by atoms with Crippen LogP contribution in [0.1, 0.15) is 24.3 Å². The van der Waals surface area contributed by atoms with Gasteiger partial charge in [-0.25, -0.2) is 0 Å². The van der Waals surface area contributed by atoms with Gasteiger partial charge in [-0.2, -0.15) is 0 Å². The summed E-state index contributed by atoms with van der Waals surface area (Å²) >= 11 is 0. The zero-order valence-electron chi connectivity index (χ0n) is 13.9. The van der Waals surface area contributed by atoms with Crippen molar-refractivity contribution in [2.75, 3.05) is 12.1 Å². The molecule has 1 fully saturated rings. The smallest absolute Gasteiger partial charge is 0.238 e. The second-order valence-corrected chi connectivity index (χ2v) is 6.50. The minimum Gasteiger partial charge on any atom is -0.454 e. The van der Waals surface area contributed by atoms with Crippen molar-refractivity contribution in [3.63, 3.8) is 0 Å². The maximum atomic E-state index is 12.7. The molecule has 1 amide bonds. The third-order valence-corrected chi connectivity index (χ3v) is 4.71. The molecule has 0 atom stereocenters. The van der Waals surface area contributed by atoms with E-state index < -0.39 is 5.41 Å². The Morgan fingerprint density at radius 3 is 2.69 bits per heavy atom. The van der Waals surface area contributed by atoms with Crippen LogP contribution in [0.25, 0.3) is 11.3 Å². The summed E-state index contributed by atoms with van der Waals surface area (Å²) in [5.41, 5.74) is 0.754. The molecule has 1 aliphatic carbocycles. The standard InChI is InChI=1S/C18H15N3O5/c1-10-6-16(21-25-10)19-17(22)18(4-5-18)15-8-13(26-20-15)11-2-3-12-14(7-11)24-9-23-12/h2-3,6-8H,4-5,9H2,1H3,(H,19,21,22). The summed E-state index contributed by atoms with van der Waals surface area (Å²) in [5.74, 6) is 2.83. The normalized spacial score (nSPS) is 16.5. The van der Waals surface area contributed by atoms with Gasteiger partial charge in [0, 0.05) is 17.7 Å². The molecule has 1 saturated carbocycles. The molecule has 0 unspecified atom stereocenters. The zero-order valence-corrected chi connectivity index (χ0v) is 13.9. The number of nitrogens with one attached hydrogen (secondary N) is 1. The van der Waals surface area contributed by atoms with Crippen LogP contribution in [0.5, 0.6) is 11.5 Å². The lowest BCUT2D eigenvalue weighted by molar-refractivity contribution is -0.118. The number of ether oxygens (including phenoxy) is 2. The largest absolute Gasteiger partial charge is 0.454 e. The van der Waals surface area contributed by atoms with E-state index in [9.17, 15) is 4.79 Å². The molecule has 1 aromatic carbocycles. The van der Waals surface area contributed by atoms with Gasteiger partial charge in [-0.15, -0.1) is 0 Å². The van der Waals surface area contributed by atoms with Gasteiger partial charge in [-0.3, -0.25) is 4.79 Å². The van der Waals surface area contributed by atoms with Crippen LogP contribution in [0, 0.1) is 6.92 Å². The molecule has 0 bridgehead atoms. The van der Waals surface area contributed by atoms with Crippen molar-refractivity contribution < 1.29 is 23.3 Å². The number of benzene rings is 1. The highest BCUT2D eigenvalue weighted by Crippen LogP contribution is 2.49.